The van der Waals surface area contributed by atoms with Crippen LogP contribution < -0.4 is 0 Å². The number of aromatic nitrogens is 2. The van der Waals surface area contributed by atoms with E-state index in [-0.39, 0.29) is 40.2 Å². The standard InChI is InChI=1S/C26H30FN3O3S/c1-3-21(32)16-30-13-10-20(28-30)14-19-15-29(12-11-24(19)34-17(2)31)25(26(33)18-8-9-18)22-6-4-5-7-23(22)27/h4-7,10,13-14,18,24-25H,3,8-9,11-12,15-16H2,1-2H3/b19-14+. The number of halogens is 1. The topological polar surface area (TPSA) is 72.3 Å². The van der Waals surface area contributed by atoms with E-state index in [2.05, 4.69) is 5.10 Å². The molecule has 1 saturated heterocycles. The summed E-state index contributed by atoms with van der Waals surface area (Å²) in [5.74, 6) is -0.202. The Hall–Kier alpha value is -2.58. The number of benzene rings is 1. The molecule has 0 N–H and O–H groups in total. The van der Waals surface area contributed by atoms with Gasteiger partial charge in [-0.3, -0.25) is 24.0 Å². The number of Topliss-reactive ketones (excluding diaryl/α,β-unsaturated/α-hetero) is 2. The van der Waals surface area contributed by atoms with Crippen LogP contribution in [-0.4, -0.2) is 49.7 Å². The summed E-state index contributed by atoms with van der Waals surface area (Å²) >= 11 is 1.28. The minimum Gasteiger partial charge on any atom is -0.298 e. The number of carbonyl (C=O) groups is 3. The summed E-state index contributed by atoms with van der Waals surface area (Å²) in [5, 5.41) is 4.50. The van der Waals surface area contributed by atoms with Gasteiger partial charge in [0.2, 0.25) is 0 Å². The van der Waals surface area contributed by atoms with Crippen LogP contribution in [0.2, 0.25) is 0 Å². The van der Waals surface area contributed by atoms with E-state index in [1.807, 2.05) is 24.0 Å². The van der Waals surface area contributed by atoms with Crippen LogP contribution in [-0.2, 0) is 20.9 Å². The Morgan fingerprint density at radius 3 is 2.65 bits per heavy atom. The number of piperidine rings is 1. The third kappa shape index (κ3) is 5.91. The van der Waals surface area contributed by atoms with Crippen molar-refractivity contribution in [3.63, 3.8) is 0 Å². The Morgan fingerprint density at radius 1 is 1.21 bits per heavy atom. The summed E-state index contributed by atoms with van der Waals surface area (Å²) in [4.78, 5) is 39.0. The molecule has 2 heterocycles. The maximum absolute atomic E-state index is 14.8. The molecule has 1 aromatic heterocycles. The van der Waals surface area contributed by atoms with E-state index in [4.69, 9.17) is 0 Å². The number of ketones is 2. The average molecular weight is 484 g/mol. The number of rotatable bonds is 9. The number of hydrogen-bond acceptors (Lipinski definition) is 6. The van der Waals surface area contributed by atoms with E-state index in [9.17, 15) is 18.8 Å². The van der Waals surface area contributed by atoms with Crippen LogP contribution in [0.5, 0.6) is 0 Å². The number of likely N-dealkylation sites (tertiary alicyclic amines) is 1. The molecule has 0 amide bonds. The van der Waals surface area contributed by atoms with E-state index in [1.54, 1.807) is 36.0 Å². The fourth-order valence-electron chi connectivity index (χ4n) is 4.42. The largest absolute Gasteiger partial charge is 0.298 e. The van der Waals surface area contributed by atoms with Crippen molar-refractivity contribution in [3.8, 4) is 0 Å². The molecule has 2 aliphatic rings. The fraction of sp³-hybridized carbons (Fsp3) is 0.462. The summed E-state index contributed by atoms with van der Waals surface area (Å²) in [6.07, 6.45) is 6.56. The van der Waals surface area contributed by atoms with Gasteiger partial charge >= 0.3 is 0 Å². The van der Waals surface area contributed by atoms with Crippen molar-refractivity contribution < 1.29 is 18.8 Å². The minimum atomic E-state index is -0.639. The van der Waals surface area contributed by atoms with Crippen molar-refractivity contribution in [1.29, 1.82) is 0 Å². The summed E-state index contributed by atoms with van der Waals surface area (Å²) in [6.45, 7) is 4.65. The van der Waals surface area contributed by atoms with Gasteiger partial charge in [0.15, 0.2) is 16.7 Å². The lowest BCUT2D eigenvalue weighted by atomic mass is 9.93. The van der Waals surface area contributed by atoms with Crippen LogP contribution in [0.1, 0.15) is 56.8 Å². The van der Waals surface area contributed by atoms with Crippen molar-refractivity contribution in [1.82, 2.24) is 14.7 Å². The second kappa shape index (κ2) is 10.8. The lowest BCUT2D eigenvalue weighted by Gasteiger charge is -2.38. The second-order valence-corrected chi connectivity index (χ2v) is 10.4. The molecule has 0 bridgehead atoms. The molecule has 6 nitrogen and oxygen atoms in total. The number of hydrogen-bond donors (Lipinski definition) is 0. The number of carbonyl (C=O) groups excluding carboxylic acids is 3. The van der Waals surface area contributed by atoms with Gasteiger partial charge in [0.25, 0.3) is 0 Å². The first kappa shape index (κ1) is 24.5. The molecular formula is C26H30FN3O3S. The van der Waals surface area contributed by atoms with Gasteiger partial charge in [-0.1, -0.05) is 36.9 Å². The smallest absolute Gasteiger partial charge is 0.186 e. The number of nitrogens with zero attached hydrogens (tertiary/aromatic N) is 3. The van der Waals surface area contributed by atoms with Gasteiger partial charge in [0.05, 0.1) is 18.3 Å². The average Bonchev–Trinajstić information content (AvgIpc) is 3.57. The van der Waals surface area contributed by atoms with Crippen LogP contribution in [0.25, 0.3) is 6.08 Å². The highest BCUT2D eigenvalue weighted by Gasteiger charge is 2.41. The predicted molar refractivity (Wildman–Crippen MR) is 131 cm³/mol. The third-order valence-electron chi connectivity index (χ3n) is 6.33. The van der Waals surface area contributed by atoms with Crippen LogP contribution in [0.4, 0.5) is 4.39 Å². The Bertz CT molecular complexity index is 1110. The molecule has 1 aliphatic heterocycles. The van der Waals surface area contributed by atoms with Gasteiger partial charge in [0, 0.05) is 49.4 Å². The molecule has 2 unspecified atom stereocenters. The molecule has 1 aliphatic carbocycles. The molecule has 1 aromatic carbocycles. The Labute approximate surface area is 203 Å². The number of thioether (sulfide) groups is 1. The SMILES string of the molecule is CCC(=O)Cn1ccc(/C=C2\CN(C(C(=O)C3CC3)c3ccccc3F)CCC2SC(C)=O)n1. The summed E-state index contributed by atoms with van der Waals surface area (Å²) < 4.78 is 16.4. The van der Waals surface area contributed by atoms with Gasteiger partial charge in [-0.25, -0.2) is 4.39 Å². The normalized spacial score (nSPS) is 20.9. The zero-order valence-electron chi connectivity index (χ0n) is 19.6. The van der Waals surface area contributed by atoms with Gasteiger partial charge in [0.1, 0.15) is 5.82 Å². The summed E-state index contributed by atoms with van der Waals surface area (Å²) in [6, 6.07) is 7.71. The highest BCUT2D eigenvalue weighted by atomic mass is 32.2. The lowest BCUT2D eigenvalue weighted by Crippen LogP contribution is -2.43. The van der Waals surface area contributed by atoms with Crippen LogP contribution in [0, 0.1) is 11.7 Å². The van der Waals surface area contributed by atoms with Crippen LogP contribution in [0.3, 0.4) is 0 Å². The van der Waals surface area contributed by atoms with Gasteiger partial charge < -0.3 is 0 Å². The summed E-state index contributed by atoms with van der Waals surface area (Å²) in [7, 11) is 0. The zero-order chi connectivity index (χ0) is 24.2. The van der Waals surface area contributed by atoms with Gasteiger partial charge in [-0.15, -0.1) is 0 Å². The highest BCUT2D eigenvalue weighted by Crippen LogP contribution is 2.40. The molecule has 2 aromatic rings. The maximum Gasteiger partial charge on any atom is 0.186 e. The first-order valence-electron chi connectivity index (χ1n) is 11.8. The Kier molecular flexibility index (Phi) is 7.78. The molecule has 2 atom stereocenters. The monoisotopic (exact) mass is 483 g/mol. The molecule has 0 radical (unpaired) electrons. The highest BCUT2D eigenvalue weighted by molar-refractivity contribution is 8.14. The molecule has 2 fully saturated rings. The molecular weight excluding hydrogens is 453 g/mol. The molecule has 180 valence electrons. The molecule has 0 spiro atoms. The van der Waals surface area contributed by atoms with E-state index in [0.717, 1.165) is 18.4 Å². The van der Waals surface area contributed by atoms with E-state index >= 15 is 0 Å². The van der Waals surface area contributed by atoms with Crippen LogP contribution in [0.15, 0.2) is 42.1 Å². The molecule has 34 heavy (non-hydrogen) atoms. The van der Waals surface area contributed by atoms with Gasteiger partial charge in [-0.05, 0) is 43.0 Å². The van der Waals surface area contributed by atoms with E-state index < -0.39 is 6.04 Å². The van der Waals surface area contributed by atoms with Crippen molar-refractivity contribution in [2.75, 3.05) is 13.1 Å². The summed E-state index contributed by atoms with van der Waals surface area (Å²) in [5.41, 5.74) is 2.09. The lowest BCUT2D eigenvalue weighted by molar-refractivity contribution is -0.126. The van der Waals surface area contributed by atoms with Crippen molar-refractivity contribution in [2.24, 2.45) is 5.92 Å². The van der Waals surface area contributed by atoms with Crippen molar-refractivity contribution in [3.05, 3.63) is 59.2 Å². The quantitative estimate of drug-likeness (QED) is 0.524. The molecule has 4 rings (SSSR count). The fourth-order valence-corrected chi connectivity index (χ4v) is 5.34. The Balaban J connectivity index is 1.63. The Morgan fingerprint density at radius 2 is 1.97 bits per heavy atom. The zero-order valence-corrected chi connectivity index (χ0v) is 20.4. The maximum atomic E-state index is 14.8. The van der Waals surface area contributed by atoms with E-state index in [0.29, 0.717) is 37.2 Å². The third-order valence-corrected chi connectivity index (χ3v) is 7.48. The molecule has 1 saturated carbocycles. The van der Waals surface area contributed by atoms with E-state index in [1.165, 1.54) is 17.8 Å². The first-order valence-corrected chi connectivity index (χ1v) is 12.7. The predicted octanol–water partition coefficient (Wildman–Crippen LogP) is 4.46. The minimum absolute atomic E-state index is 0.00634. The second-order valence-electron chi connectivity index (χ2n) is 9.01. The van der Waals surface area contributed by atoms with Gasteiger partial charge in [-0.2, -0.15) is 5.10 Å². The van der Waals surface area contributed by atoms with Crippen LogP contribution >= 0.6 is 11.8 Å². The van der Waals surface area contributed by atoms with Crippen molar-refractivity contribution >= 4 is 34.5 Å². The van der Waals surface area contributed by atoms with Crippen molar-refractivity contribution in [2.45, 2.75) is 57.4 Å². The first-order chi connectivity index (χ1) is 16.4. The molecule has 8 heteroatoms.